The molecule has 1 aromatic carbocycles. The molecule has 2 atom stereocenters. The van der Waals surface area contributed by atoms with Crippen LogP contribution in [0.5, 0.6) is 5.75 Å². The number of hydrogen-bond acceptors (Lipinski definition) is 2. The molecule has 2 unspecified atom stereocenters. The minimum Gasteiger partial charge on any atom is -0.508 e. The second kappa shape index (κ2) is 9.42. The summed E-state index contributed by atoms with van der Waals surface area (Å²) in [5.41, 5.74) is 2.62. The van der Waals surface area contributed by atoms with Crippen molar-refractivity contribution in [2.45, 2.75) is 71.3 Å². The van der Waals surface area contributed by atoms with Gasteiger partial charge in [0, 0.05) is 17.5 Å². The Labute approximate surface area is 142 Å². The van der Waals surface area contributed by atoms with Gasteiger partial charge >= 0.3 is 0 Å². The third-order valence-corrected chi connectivity index (χ3v) is 4.81. The molecular weight excluding hydrogens is 294 g/mol. The van der Waals surface area contributed by atoms with Gasteiger partial charge in [0.15, 0.2) is 0 Å². The maximum atomic E-state index is 10.4. The molecule has 3 heteroatoms. The Kier molecular flexibility index (Phi) is 8.27. The fourth-order valence-electron chi connectivity index (χ4n) is 4.05. The first kappa shape index (κ1) is 19.3. The summed E-state index contributed by atoms with van der Waals surface area (Å²) in [6.45, 7) is 9.16. The Morgan fingerprint density at radius 1 is 1.09 bits per heavy atom. The van der Waals surface area contributed by atoms with Crippen molar-refractivity contribution in [2.24, 2.45) is 0 Å². The third-order valence-electron chi connectivity index (χ3n) is 4.81. The summed E-state index contributed by atoms with van der Waals surface area (Å²) in [6.07, 6.45) is 7.13. The number of hydrogen-bond donors (Lipinski definition) is 1. The SMILES string of the molecule is CCCC1c2c(O)cccc2CCC1N(CCC)CCC.Cl. The van der Waals surface area contributed by atoms with Crippen molar-refractivity contribution in [1.82, 2.24) is 4.90 Å². The molecule has 2 nitrogen and oxygen atoms in total. The van der Waals surface area contributed by atoms with E-state index in [0.717, 1.165) is 6.42 Å². The van der Waals surface area contributed by atoms with Crippen LogP contribution < -0.4 is 0 Å². The van der Waals surface area contributed by atoms with E-state index >= 15 is 0 Å². The van der Waals surface area contributed by atoms with Crippen molar-refractivity contribution in [3.63, 3.8) is 0 Å². The van der Waals surface area contributed by atoms with Crippen LogP contribution in [0.15, 0.2) is 18.2 Å². The van der Waals surface area contributed by atoms with Crippen LogP contribution in [0.4, 0.5) is 0 Å². The van der Waals surface area contributed by atoms with E-state index in [2.05, 4.69) is 31.7 Å². The molecule has 0 aromatic heterocycles. The monoisotopic (exact) mass is 325 g/mol. The lowest BCUT2D eigenvalue weighted by molar-refractivity contribution is 0.148. The highest BCUT2D eigenvalue weighted by Gasteiger charge is 2.34. The molecule has 0 amide bonds. The molecule has 1 aromatic rings. The summed E-state index contributed by atoms with van der Waals surface area (Å²) in [4.78, 5) is 2.68. The summed E-state index contributed by atoms with van der Waals surface area (Å²) in [7, 11) is 0. The first-order chi connectivity index (χ1) is 10.2. The lowest BCUT2D eigenvalue weighted by Crippen LogP contribution is -2.43. The van der Waals surface area contributed by atoms with Crippen LogP contribution in [0, 0.1) is 0 Å². The van der Waals surface area contributed by atoms with Gasteiger partial charge in [0.05, 0.1) is 0 Å². The number of halogens is 1. The van der Waals surface area contributed by atoms with Crippen molar-refractivity contribution < 1.29 is 5.11 Å². The van der Waals surface area contributed by atoms with Crippen molar-refractivity contribution in [2.75, 3.05) is 13.1 Å². The van der Waals surface area contributed by atoms with Crippen LogP contribution >= 0.6 is 12.4 Å². The molecule has 22 heavy (non-hydrogen) atoms. The largest absolute Gasteiger partial charge is 0.508 e. The van der Waals surface area contributed by atoms with Crippen LogP contribution in [-0.2, 0) is 6.42 Å². The van der Waals surface area contributed by atoms with Crippen LogP contribution in [0.1, 0.15) is 69.9 Å². The van der Waals surface area contributed by atoms with Crippen molar-refractivity contribution in [1.29, 1.82) is 0 Å². The molecule has 0 bridgehead atoms. The molecule has 0 saturated heterocycles. The van der Waals surface area contributed by atoms with Gasteiger partial charge in [-0.1, -0.05) is 39.3 Å². The van der Waals surface area contributed by atoms with Gasteiger partial charge in [0.25, 0.3) is 0 Å². The van der Waals surface area contributed by atoms with Crippen LogP contribution in [0.2, 0.25) is 0 Å². The lowest BCUT2D eigenvalue weighted by atomic mass is 9.75. The van der Waals surface area contributed by atoms with Gasteiger partial charge in [-0.15, -0.1) is 12.4 Å². The van der Waals surface area contributed by atoms with E-state index in [0.29, 0.717) is 17.7 Å². The number of phenolic OH excluding ortho intramolecular Hbond substituents is 1. The molecule has 1 aliphatic rings. The summed E-state index contributed by atoms with van der Waals surface area (Å²) < 4.78 is 0. The molecule has 1 N–H and O–H groups in total. The number of rotatable bonds is 7. The topological polar surface area (TPSA) is 23.5 Å². The second-order valence-corrected chi connectivity index (χ2v) is 6.39. The first-order valence-corrected chi connectivity index (χ1v) is 8.77. The highest BCUT2D eigenvalue weighted by Crippen LogP contribution is 2.42. The van der Waals surface area contributed by atoms with E-state index in [1.165, 1.54) is 56.3 Å². The van der Waals surface area contributed by atoms with E-state index < -0.39 is 0 Å². The van der Waals surface area contributed by atoms with E-state index in [1.54, 1.807) is 0 Å². The average molecular weight is 326 g/mol. The van der Waals surface area contributed by atoms with Gasteiger partial charge in [0.2, 0.25) is 0 Å². The summed E-state index contributed by atoms with van der Waals surface area (Å²) in [6, 6.07) is 6.67. The standard InChI is InChI=1S/C19H31NO.ClH/c1-4-8-16-17(20(13-5-2)14-6-3)12-11-15-9-7-10-18(21)19(15)16;/h7,9-10,16-17,21H,4-6,8,11-14H2,1-3H3;1H. The maximum Gasteiger partial charge on any atom is 0.119 e. The Morgan fingerprint density at radius 2 is 1.77 bits per heavy atom. The Bertz CT molecular complexity index is 443. The molecule has 2 rings (SSSR count). The highest BCUT2D eigenvalue weighted by atomic mass is 35.5. The molecule has 0 heterocycles. The predicted octanol–water partition coefficient (Wildman–Crippen LogP) is 5.13. The number of benzene rings is 1. The van der Waals surface area contributed by atoms with Gasteiger partial charge in [-0.3, -0.25) is 4.90 Å². The molecule has 0 radical (unpaired) electrons. The van der Waals surface area contributed by atoms with Crippen molar-refractivity contribution in [3.8, 4) is 5.75 Å². The first-order valence-electron chi connectivity index (χ1n) is 8.77. The zero-order chi connectivity index (χ0) is 15.2. The minimum atomic E-state index is 0. The Morgan fingerprint density at radius 3 is 2.36 bits per heavy atom. The fourth-order valence-corrected chi connectivity index (χ4v) is 4.05. The van der Waals surface area contributed by atoms with Gasteiger partial charge in [0.1, 0.15) is 5.75 Å². The molecule has 1 aliphatic carbocycles. The summed E-state index contributed by atoms with van der Waals surface area (Å²) in [5.74, 6) is 1.02. The predicted molar refractivity (Wildman–Crippen MR) is 97.3 cm³/mol. The average Bonchev–Trinajstić information content (AvgIpc) is 2.48. The minimum absolute atomic E-state index is 0. The van der Waals surface area contributed by atoms with Crippen LogP contribution in [0.25, 0.3) is 0 Å². The van der Waals surface area contributed by atoms with E-state index in [4.69, 9.17) is 0 Å². The number of aryl methyl sites for hydroxylation is 1. The molecule has 0 fully saturated rings. The van der Waals surface area contributed by atoms with Gasteiger partial charge in [-0.2, -0.15) is 0 Å². The third kappa shape index (κ3) is 4.17. The van der Waals surface area contributed by atoms with E-state index in [9.17, 15) is 5.11 Å². The molecule has 0 aliphatic heterocycles. The number of nitrogens with zero attached hydrogens (tertiary/aromatic N) is 1. The van der Waals surface area contributed by atoms with E-state index in [1.807, 2.05) is 12.1 Å². The molecule has 0 saturated carbocycles. The van der Waals surface area contributed by atoms with Gasteiger partial charge in [-0.25, -0.2) is 0 Å². The smallest absolute Gasteiger partial charge is 0.119 e. The normalized spacial score (nSPS) is 20.5. The zero-order valence-electron chi connectivity index (χ0n) is 14.3. The molecule has 126 valence electrons. The number of aromatic hydroxyl groups is 1. The molecular formula is C19H32ClNO. The second-order valence-electron chi connectivity index (χ2n) is 6.39. The van der Waals surface area contributed by atoms with Crippen LogP contribution in [0.3, 0.4) is 0 Å². The van der Waals surface area contributed by atoms with Gasteiger partial charge < -0.3 is 5.11 Å². The Hall–Kier alpha value is -0.730. The van der Waals surface area contributed by atoms with Crippen LogP contribution in [-0.4, -0.2) is 29.1 Å². The number of fused-ring (bicyclic) bond motifs is 1. The fraction of sp³-hybridized carbons (Fsp3) is 0.684. The van der Waals surface area contributed by atoms with Gasteiger partial charge in [-0.05, 0) is 56.8 Å². The quantitative estimate of drug-likeness (QED) is 0.750. The number of phenols is 1. The van der Waals surface area contributed by atoms with Crippen molar-refractivity contribution >= 4 is 12.4 Å². The maximum absolute atomic E-state index is 10.4. The van der Waals surface area contributed by atoms with E-state index in [-0.39, 0.29) is 12.4 Å². The zero-order valence-corrected chi connectivity index (χ0v) is 15.2. The molecule has 0 spiro atoms. The summed E-state index contributed by atoms with van der Waals surface area (Å²) >= 11 is 0. The Balaban J connectivity index is 0.00000242. The lowest BCUT2D eigenvalue weighted by Gasteiger charge is -2.41. The summed E-state index contributed by atoms with van der Waals surface area (Å²) in [5, 5.41) is 10.4. The highest BCUT2D eigenvalue weighted by molar-refractivity contribution is 5.85. The van der Waals surface area contributed by atoms with Crippen molar-refractivity contribution in [3.05, 3.63) is 29.3 Å².